The molecule has 21 rings (SSSR count). The molecule has 33 heteroatoms. The highest BCUT2D eigenvalue weighted by Crippen LogP contribution is 2.57. The summed E-state index contributed by atoms with van der Waals surface area (Å²) in [5, 5.41) is 27.1. The maximum atomic E-state index is 13.4. The highest BCUT2D eigenvalue weighted by Gasteiger charge is 2.55. The van der Waals surface area contributed by atoms with E-state index in [1.165, 1.54) is 28.6 Å². The zero-order valence-electron chi connectivity index (χ0n) is 78.1. The summed E-state index contributed by atoms with van der Waals surface area (Å²) in [5.74, 6) is 6.60. The molecule has 4 saturated carbocycles. The third-order valence-electron chi connectivity index (χ3n) is 27.8. The van der Waals surface area contributed by atoms with Gasteiger partial charge in [-0.3, -0.25) is 38.9 Å². The number of fused-ring (bicyclic) bond motifs is 4. The van der Waals surface area contributed by atoms with E-state index in [9.17, 15) is 59.4 Å². The van der Waals surface area contributed by atoms with Crippen LogP contribution < -0.4 is 57.8 Å². The number of ketones is 4. The molecule has 140 heavy (non-hydrogen) atoms. The van der Waals surface area contributed by atoms with Crippen LogP contribution in [0, 0.1) is 20.8 Å². The topological polar surface area (TPSA) is 416 Å². The average Bonchev–Trinajstić information content (AvgIpc) is 1.59. The number of primary sulfonamides is 1. The van der Waals surface area contributed by atoms with Crippen molar-refractivity contribution in [1.29, 1.82) is 0 Å². The summed E-state index contributed by atoms with van der Waals surface area (Å²) in [6, 6.07) is 59.7. The summed E-state index contributed by atoms with van der Waals surface area (Å²) < 4.78 is 128. The molecule has 0 bridgehead atoms. The summed E-state index contributed by atoms with van der Waals surface area (Å²) in [6.07, 6.45) is 13.3. The fraction of sp³-hybridized carbons (Fsp3) is 0.318. The Morgan fingerprint density at radius 3 is 1.51 bits per heavy atom. The van der Waals surface area contributed by atoms with Gasteiger partial charge in [-0.1, -0.05) is 104 Å². The van der Waals surface area contributed by atoms with Gasteiger partial charge in [0.05, 0.1) is 73.8 Å². The molecule has 1 saturated heterocycles. The maximum absolute atomic E-state index is 13.4. The minimum Gasteiger partial charge on any atom is -0.493 e. The minimum absolute atomic E-state index is 0. The quantitative estimate of drug-likeness (QED) is 0.0252. The van der Waals surface area contributed by atoms with Gasteiger partial charge in [0, 0.05) is 98.0 Å². The molecule has 30 nitrogen and oxygen atoms in total. The van der Waals surface area contributed by atoms with Crippen molar-refractivity contribution in [1.82, 2.24) is 29.0 Å². The molecule has 8 aromatic carbocycles. The number of carbonyl (C=O) groups is 5. The SMILES string of the molecule is CC(=O)c1ccc(-c2cnc(CC(=O)C3(c4ccc5c(c4)OCO5)CC3)cc2C)cc1.CCC[C@H](CO)NS(=O)(=O)c1ccc(-c2cccc(CC(=O)C3(c4ccc5c(c4)OCO5)CC3)n2)cc1.COc1cc(C2(C(=O)Nc3cccc(-c4ccc(S(=O)(=O)N5CCC[C@@H]5CO)cc4)n3)CC2)cc2c1OCO2.Cc1c(-c2ccc(S(N)(=O)=O)cc2)cnc(CC(=O)C2(c3ccc4c(c3)OCO4)CC2)c1C.[HH].[HH].[HH].[HH].[HH].[HH]. The number of methoxy groups -OCH3 is 1. The standard InChI is InChI=1S/C28H29N3O7S.C28H30N2O6S.C26H23NO4.C25H24N2O5S.6H2/c1-36-23-14-19(15-24-26(23)38-17-37-24)28(11-12-28)27(33)30-25-6-2-5-22(29-25)18-7-9-21(10-8-18)39(34,35)31-13-3-4-20(31)16-32;1-2-4-22(17-31)30-37(33,34)23-10-7-19(8-11-23)24-6-3-5-21(29-24)16-27(32)28(13-14-28)20-9-12-25-26(15-20)36-18-35-25;1-16-11-21(27-14-22(16)19-5-3-18(4-6-19)17(2)28)13-25(29)26(9-10-26)20-7-8-23-24(12-20)31-15-30-23;1-15-16(2)21(27-13-20(15)17-3-6-19(7-4-17)33(26,29)30)12-24(28)25(9-10-25)18-5-8-22-23(11-18)32-14-31-22;;;;;;/h2,5-10,14-15,20,32H,3-4,11-13,16-17H2,1H3,(H,29,30,33);3,5-12,15,22,30-31H,2,4,13-14,16-18H2,1H3;3-8,11-12,14H,9-10,13,15H2,1-2H3;3-8,11,13H,9-10,12,14H2,1-2H3,(H2,26,29,30);6*1H/t20-;22-;;;;;;;;/m11......../s1. The fourth-order valence-corrected chi connectivity index (χ4v) is 22.2. The predicted molar refractivity (Wildman–Crippen MR) is 532 cm³/mol. The number of aliphatic hydroxyl groups is 2. The Bertz CT molecular complexity index is 7230. The van der Waals surface area contributed by atoms with E-state index < -0.39 is 57.8 Å². The van der Waals surface area contributed by atoms with Gasteiger partial charge in [0.15, 0.2) is 51.8 Å². The number of aryl methyl sites for hydroxylation is 1. The molecule has 9 heterocycles. The third-order valence-corrected chi connectivity index (χ3v) is 32.2. The number of hydrogen-bond acceptors (Lipinski definition) is 26. The number of pyridine rings is 4. The molecule has 1 amide bonds. The van der Waals surface area contributed by atoms with E-state index in [0.717, 1.165) is 135 Å². The number of hydrogen-bond donors (Lipinski definition) is 5. The lowest BCUT2D eigenvalue weighted by molar-refractivity contribution is -0.121. The number of amides is 1. The average molecular weight is 1960 g/mol. The number of anilines is 1. The number of carbonyl (C=O) groups excluding carboxylic acids is 5. The number of aromatic nitrogens is 4. The lowest BCUT2D eigenvalue weighted by atomic mass is 9.87. The van der Waals surface area contributed by atoms with E-state index in [-0.39, 0.29) is 112 Å². The van der Waals surface area contributed by atoms with Crippen LogP contribution in [0.3, 0.4) is 0 Å². The van der Waals surface area contributed by atoms with Crippen LogP contribution in [-0.2, 0) is 90.2 Å². The Hall–Kier alpha value is -13.6. The Labute approximate surface area is 820 Å². The van der Waals surface area contributed by atoms with E-state index >= 15 is 0 Å². The number of nitrogens with zero attached hydrogens (tertiary/aromatic N) is 5. The van der Waals surface area contributed by atoms with Gasteiger partial charge in [-0.05, 0) is 264 Å². The Kier molecular flexibility index (Phi) is 27.3. The zero-order chi connectivity index (χ0) is 98.2. The number of nitrogens with two attached hydrogens (primary N) is 1. The second-order valence-corrected chi connectivity index (χ2v) is 41.8. The van der Waals surface area contributed by atoms with Crippen LogP contribution in [0.1, 0.15) is 166 Å². The summed E-state index contributed by atoms with van der Waals surface area (Å²) in [4.78, 5) is 83.7. The van der Waals surface area contributed by atoms with Gasteiger partial charge < -0.3 is 58.2 Å². The smallest absolute Gasteiger partial charge is 0.243 e. The molecule has 0 unspecified atom stereocenters. The normalized spacial score (nSPS) is 17.0. The van der Waals surface area contributed by atoms with Gasteiger partial charge in [0.1, 0.15) is 23.2 Å². The lowest BCUT2D eigenvalue weighted by Gasteiger charge is -2.22. The summed E-state index contributed by atoms with van der Waals surface area (Å²) >= 11 is 0. The predicted octanol–water partition coefficient (Wildman–Crippen LogP) is 17.0. The Morgan fingerprint density at radius 2 is 0.986 bits per heavy atom. The van der Waals surface area contributed by atoms with E-state index in [2.05, 4.69) is 30.0 Å². The highest BCUT2D eigenvalue weighted by molar-refractivity contribution is 7.90. The molecule has 2 atom stereocenters. The van der Waals surface area contributed by atoms with Gasteiger partial charge in [-0.25, -0.2) is 40.1 Å². The monoisotopic (exact) mass is 1960 g/mol. The molecule has 0 spiro atoms. The van der Waals surface area contributed by atoms with Crippen LogP contribution in [0.4, 0.5) is 5.82 Å². The number of aliphatic hydroxyl groups excluding tert-OH is 2. The van der Waals surface area contributed by atoms with Gasteiger partial charge in [-0.2, -0.15) is 4.31 Å². The second-order valence-electron chi connectivity index (χ2n) is 36.6. The minimum atomic E-state index is -3.75. The van der Waals surface area contributed by atoms with Crippen LogP contribution in [0.15, 0.2) is 233 Å². The van der Waals surface area contributed by atoms with Crippen molar-refractivity contribution in [3.63, 3.8) is 0 Å². The second kappa shape index (κ2) is 39.6. The van der Waals surface area contributed by atoms with Crippen molar-refractivity contribution in [3.8, 4) is 96.5 Å². The number of sulfonamides is 3. The number of Topliss-reactive ketones (excluding diaryl/α,β-unsaturated/α-hetero) is 4. The lowest BCUT2D eigenvalue weighted by Crippen LogP contribution is -2.37. The first-order chi connectivity index (χ1) is 67.3. The maximum Gasteiger partial charge on any atom is 0.243 e. The fourth-order valence-electron chi connectivity index (χ4n) is 18.8. The van der Waals surface area contributed by atoms with Crippen molar-refractivity contribution < 1.29 is 111 Å². The number of nitrogens with one attached hydrogen (secondary N) is 2. The van der Waals surface area contributed by atoms with Crippen LogP contribution in [0.25, 0.3) is 44.8 Å². The van der Waals surface area contributed by atoms with Crippen molar-refractivity contribution in [2.75, 3.05) is 59.4 Å². The van der Waals surface area contributed by atoms with Crippen molar-refractivity contribution in [3.05, 3.63) is 280 Å². The van der Waals surface area contributed by atoms with E-state index in [1.54, 1.807) is 87.0 Å². The molecule has 0 radical (unpaired) electrons. The molecule has 4 aliphatic carbocycles. The zero-order valence-corrected chi connectivity index (χ0v) is 80.5. The van der Waals surface area contributed by atoms with Crippen molar-refractivity contribution >= 4 is 64.9 Å². The number of ether oxygens (including phenoxy) is 9. The van der Waals surface area contributed by atoms with Crippen molar-refractivity contribution in [2.24, 2.45) is 5.14 Å². The third kappa shape index (κ3) is 20.0. The molecule has 5 aliphatic heterocycles. The van der Waals surface area contributed by atoms with Crippen LogP contribution in [0.5, 0.6) is 51.7 Å². The van der Waals surface area contributed by atoms with E-state index in [0.29, 0.717) is 119 Å². The van der Waals surface area contributed by atoms with Gasteiger partial charge in [0.25, 0.3) is 0 Å². The first kappa shape index (κ1) is 96.6. The van der Waals surface area contributed by atoms with Crippen molar-refractivity contribution in [2.45, 2.75) is 179 Å². The Morgan fingerprint density at radius 1 is 0.507 bits per heavy atom. The molecule has 12 aromatic rings. The molecule has 9 aliphatic rings. The largest absolute Gasteiger partial charge is 0.493 e. The van der Waals surface area contributed by atoms with Gasteiger partial charge in [-0.15, -0.1) is 0 Å². The highest BCUT2D eigenvalue weighted by atomic mass is 32.2. The molecule has 5 fully saturated rings. The molecular weight excluding hydrogens is 1850 g/mol. The molecular formula is C107H118N8O22S3. The molecule has 736 valence electrons. The Balaban J connectivity index is 0.000000171. The van der Waals surface area contributed by atoms with Gasteiger partial charge in [0.2, 0.25) is 68.9 Å². The van der Waals surface area contributed by atoms with E-state index in [1.807, 2.05) is 149 Å². The van der Waals surface area contributed by atoms with Crippen LogP contribution >= 0.6 is 0 Å². The summed E-state index contributed by atoms with van der Waals surface area (Å²) in [6.45, 7) is 10.2. The van der Waals surface area contributed by atoms with Crippen LogP contribution in [-0.4, -0.2) is 155 Å². The number of rotatable bonds is 31. The van der Waals surface area contributed by atoms with Crippen LogP contribution in [0.2, 0.25) is 0 Å². The van der Waals surface area contributed by atoms with E-state index in [4.69, 9.17) is 47.8 Å². The molecule has 4 aromatic heterocycles. The summed E-state index contributed by atoms with van der Waals surface area (Å²) in [7, 11) is -9.64. The van der Waals surface area contributed by atoms with Gasteiger partial charge >= 0.3 is 0 Å². The first-order valence-electron chi connectivity index (χ1n) is 46.5. The number of benzene rings is 8. The first-order valence-corrected chi connectivity index (χ1v) is 51.0. The summed E-state index contributed by atoms with van der Waals surface area (Å²) in [5.41, 5.74) is 14.0. The molecule has 6 N–H and O–H groups in total.